The van der Waals surface area contributed by atoms with Crippen LogP contribution in [0.2, 0.25) is 0 Å². The summed E-state index contributed by atoms with van der Waals surface area (Å²) in [6, 6.07) is 13.7. The molecule has 0 atom stereocenters. The van der Waals surface area contributed by atoms with Crippen LogP contribution in [0, 0.1) is 5.82 Å². The van der Waals surface area contributed by atoms with E-state index in [0.717, 1.165) is 23.2 Å². The van der Waals surface area contributed by atoms with E-state index in [0.29, 0.717) is 10.8 Å². The molecule has 0 spiro atoms. The summed E-state index contributed by atoms with van der Waals surface area (Å²) in [6.45, 7) is 2.06. The van der Waals surface area contributed by atoms with Gasteiger partial charge in [0.2, 0.25) is 0 Å². The van der Waals surface area contributed by atoms with E-state index in [-0.39, 0.29) is 11.7 Å². The van der Waals surface area contributed by atoms with E-state index in [9.17, 15) is 9.18 Å². The van der Waals surface area contributed by atoms with Gasteiger partial charge in [-0.2, -0.15) is 0 Å². The van der Waals surface area contributed by atoms with E-state index < -0.39 is 0 Å². The Morgan fingerprint density at radius 3 is 2.65 bits per heavy atom. The van der Waals surface area contributed by atoms with E-state index in [2.05, 4.69) is 12.2 Å². The minimum atomic E-state index is -0.314. The zero-order valence-electron chi connectivity index (χ0n) is 12.5. The van der Waals surface area contributed by atoms with Crippen molar-refractivity contribution < 1.29 is 9.18 Å². The zero-order valence-corrected chi connectivity index (χ0v) is 13.4. The van der Waals surface area contributed by atoms with Crippen LogP contribution in [0.3, 0.4) is 0 Å². The van der Waals surface area contributed by atoms with Crippen LogP contribution in [0.25, 0.3) is 6.08 Å². The number of hydrogen-bond acceptors (Lipinski definition) is 2. The van der Waals surface area contributed by atoms with Gasteiger partial charge in [0.25, 0.3) is 5.91 Å². The molecule has 1 heterocycles. The third-order valence-corrected chi connectivity index (χ3v) is 3.92. The molecular weight excluding hydrogens is 311 g/mol. The zero-order chi connectivity index (χ0) is 16.4. The fraction of sp³-hybridized carbons (Fsp3) is 0.111. The number of rotatable bonds is 3. The first kappa shape index (κ1) is 15.4. The summed E-state index contributed by atoms with van der Waals surface area (Å²) in [6.07, 6.45) is 2.55. The van der Waals surface area contributed by atoms with Crippen LogP contribution >= 0.6 is 12.2 Å². The van der Waals surface area contributed by atoms with Crippen molar-refractivity contribution in [2.45, 2.75) is 13.3 Å². The molecule has 1 amide bonds. The molecule has 3 nitrogen and oxygen atoms in total. The standard InChI is InChI=1S/C18H15FN2OS/c1-2-12-4-3-5-15(10-12)21-17(22)16(20-18(21)23)11-13-6-8-14(19)9-7-13/h3-11H,2H2,1H3,(H,20,23)/b16-11+. The van der Waals surface area contributed by atoms with Crippen LogP contribution in [-0.4, -0.2) is 11.0 Å². The second-order valence-electron chi connectivity index (χ2n) is 5.20. The molecule has 0 aliphatic carbocycles. The van der Waals surface area contributed by atoms with Gasteiger partial charge in [-0.3, -0.25) is 9.69 Å². The number of thiocarbonyl (C=S) groups is 1. The number of carbonyl (C=O) groups excluding carboxylic acids is 1. The molecule has 1 saturated heterocycles. The Bertz CT molecular complexity index is 799. The average Bonchev–Trinajstić information content (AvgIpc) is 2.83. The van der Waals surface area contributed by atoms with Gasteiger partial charge < -0.3 is 5.32 Å². The Morgan fingerprint density at radius 2 is 1.96 bits per heavy atom. The van der Waals surface area contributed by atoms with Crippen molar-refractivity contribution >= 4 is 35.0 Å². The second kappa shape index (κ2) is 6.30. The van der Waals surface area contributed by atoms with Gasteiger partial charge in [-0.15, -0.1) is 0 Å². The summed E-state index contributed by atoms with van der Waals surface area (Å²) in [5, 5.41) is 3.27. The van der Waals surface area contributed by atoms with E-state index in [1.54, 1.807) is 18.2 Å². The van der Waals surface area contributed by atoms with Crippen molar-refractivity contribution in [3.05, 3.63) is 71.2 Å². The lowest BCUT2D eigenvalue weighted by Crippen LogP contribution is -2.30. The largest absolute Gasteiger partial charge is 0.327 e. The number of benzene rings is 2. The number of amides is 1. The van der Waals surface area contributed by atoms with Crippen LogP contribution in [0.1, 0.15) is 18.1 Å². The van der Waals surface area contributed by atoms with Crippen LogP contribution in [-0.2, 0) is 11.2 Å². The third kappa shape index (κ3) is 3.14. The summed E-state index contributed by atoms with van der Waals surface area (Å²) in [4.78, 5) is 14.1. The molecule has 1 aliphatic heterocycles. The van der Waals surface area contributed by atoms with E-state index >= 15 is 0 Å². The van der Waals surface area contributed by atoms with Crippen molar-refractivity contribution in [1.29, 1.82) is 0 Å². The molecule has 1 N–H and O–H groups in total. The van der Waals surface area contributed by atoms with Crippen molar-refractivity contribution in [3.8, 4) is 0 Å². The number of hydrogen-bond donors (Lipinski definition) is 1. The Hall–Kier alpha value is -2.53. The number of nitrogens with one attached hydrogen (secondary N) is 1. The fourth-order valence-electron chi connectivity index (χ4n) is 2.41. The lowest BCUT2D eigenvalue weighted by molar-refractivity contribution is -0.113. The highest BCUT2D eigenvalue weighted by Crippen LogP contribution is 2.23. The highest BCUT2D eigenvalue weighted by molar-refractivity contribution is 7.80. The van der Waals surface area contributed by atoms with Crippen molar-refractivity contribution in [2.75, 3.05) is 4.90 Å². The molecule has 0 aromatic heterocycles. The quantitative estimate of drug-likeness (QED) is 0.690. The van der Waals surface area contributed by atoms with Gasteiger partial charge in [-0.05, 0) is 60.1 Å². The Balaban J connectivity index is 1.91. The molecule has 0 saturated carbocycles. The van der Waals surface area contributed by atoms with Gasteiger partial charge in [-0.1, -0.05) is 31.2 Å². The average molecular weight is 326 g/mol. The number of nitrogens with zero attached hydrogens (tertiary/aromatic N) is 1. The lowest BCUT2D eigenvalue weighted by Gasteiger charge is -2.14. The van der Waals surface area contributed by atoms with Crippen LogP contribution < -0.4 is 10.2 Å². The first-order valence-electron chi connectivity index (χ1n) is 7.30. The first-order valence-corrected chi connectivity index (χ1v) is 7.71. The summed E-state index contributed by atoms with van der Waals surface area (Å²) in [5.41, 5.74) is 2.99. The van der Waals surface area contributed by atoms with Crippen molar-refractivity contribution in [2.24, 2.45) is 0 Å². The van der Waals surface area contributed by atoms with Crippen LogP contribution in [0.5, 0.6) is 0 Å². The Kier molecular flexibility index (Phi) is 4.21. The number of anilines is 1. The molecule has 23 heavy (non-hydrogen) atoms. The molecule has 1 aliphatic rings. The van der Waals surface area contributed by atoms with Crippen LogP contribution in [0.4, 0.5) is 10.1 Å². The Morgan fingerprint density at radius 1 is 1.22 bits per heavy atom. The maximum absolute atomic E-state index is 13.0. The maximum atomic E-state index is 13.0. The minimum absolute atomic E-state index is 0.215. The minimum Gasteiger partial charge on any atom is -0.327 e. The molecule has 0 bridgehead atoms. The summed E-state index contributed by atoms with van der Waals surface area (Å²) < 4.78 is 13.0. The summed E-state index contributed by atoms with van der Waals surface area (Å²) >= 11 is 5.29. The molecule has 5 heteroatoms. The van der Waals surface area contributed by atoms with Gasteiger partial charge in [0.15, 0.2) is 5.11 Å². The van der Waals surface area contributed by atoms with Crippen molar-refractivity contribution in [3.63, 3.8) is 0 Å². The number of aryl methyl sites for hydroxylation is 1. The molecule has 1 fully saturated rings. The molecule has 0 unspecified atom stereocenters. The Labute approximate surface area is 139 Å². The topological polar surface area (TPSA) is 32.3 Å². The SMILES string of the molecule is CCc1cccc(N2C(=O)/C(=C\c3ccc(F)cc3)NC2=S)c1. The van der Waals surface area contributed by atoms with E-state index in [1.165, 1.54) is 17.0 Å². The van der Waals surface area contributed by atoms with Crippen molar-refractivity contribution in [1.82, 2.24) is 5.32 Å². The first-order chi connectivity index (χ1) is 11.1. The molecule has 2 aromatic carbocycles. The number of carbonyl (C=O) groups is 1. The lowest BCUT2D eigenvalue weighted by atomic mass is 10.1. The molecule has 3 rings (SSSR count). The molecule has 2 aromatic rings. The van der Waals surface area contributed by atoms with Gasteiger partial charge in [-0.25, -0.2) is 4.39 Å². The summed E-state index contributed by atoms with van der Waals surface area (Å²) in [5.74, 6) is -0.529. The predicted molar refractivity (Wildman–Crippen MR) is 93.4 cm³/mol. The fourth-order valence-corrected chi connectivity index (χ4v) is 2.71. The van der Waals surface area contributed by atoms with Gasteiger partial charge in [0.05, 0.1) is 5.69 Å². The molecule has 116 valence electrons. The van der Waals surface area contributed by atoms with Crippen LogP contribution in [0.15, 0.2) is 54.2 Å². The monoisotopic (exact) mass is 326 g/mol. The van der Waals surface area contributed by atoms with Gasteiger partial charge in [0.1, 0.15) is 11.5 Å². The predicted octanol–water partition coefficient (Wildman–Crippen LogP) is 3.65. The van der Waals surface area contributed by atoms with E-state index in [4.69, 9.17) is 12.2 Å². The number of halogens is 1. The normalized spacial score (nSPS) is 16.1. The highest BCUT2D eigenvalue weighted by atomic mass is 32.1. The van der Waals surface area contributed by atoms with E-state index in [1.807, 2.05) is 24.3 Å². The maximum Gasteiger partial charge on any atom is 0.281 e. The molecule has 0 radical (unpaired) electrons. The molecular formula is C18H15FN2OS. The third-order valence-electron chi connectivity index (χ3n) is 3.64. The summed E-state index contributed by atoms with van der Waals surface area (Å²) in [7, 11) is 0. The van der Waals surface area contributed by atoms with Gasteiger partial charge in [0, 0.05) is 0 Å². The highest BCUT2D eigenvalue weighted by Gasteiger charge is 2.31. The smallest absolute Gasteiger partial charge is 0.281 e. The van der Waals surface area contributed by atoms with Gasteiger partial charge >= 0.3 is 0 Å². The second-order valence-corrected chi connectivity index (χ2v) is 5.59.